The zero-order valence-corrected chi connectivity index (χ0v) is 15.9. The van der Waals surface area contributed by atoms with E-state index >= 15 is 0 Å². The van der Waals surface area contributed by atoms with Gasteiger partial charge in [0.1, 0.15) is 11.0 Å². The maximum atomic E-state index is 6.17. The largest absolute Gasteiger partial charge is 0.436 e. The van der Waals surface area contributed by atoms with Gasteiger partial charge < -0.3 is 8.83 Å². The standard InChI is InChI=1S/C26H16N2O2/c1-2-9-17(10-3-1)18-11-8-12-19(25-27-20-13-4-6-15-22(20)29-25)24(18)26-28-21-14-5-7-16-23(21)30-26/h1-16H. The molecule has 0 N–H and O–H groups in total. The Kier molecular flexibility index (Phi) is 3.74. The third kappa shape index (κ3) is 2.70. The molecule has 6 aromatic rings. The number of hydrogen-bond donors (Lipinski definition) is 0. The molecule has 0 aliphatic heterocycles. The molecule has 0 amide bonds. The Morgan fingerprint density at radius 1 is 0.467 bits per heavy atom. The number of oxazole rings is 2. The molecule has 2 aromatic heterocycles. The lowest BCUT2D eigenvalue weighted by Gasteiger charge is -2.10. The summed E-state index contributed by atoms with van der Waals surface area (Å²) in [5.41, 5.74) is 6.94. The van der Waals surface area contributed by atoms with E-state index in [1.54, 1.807) is 0 Å². The highest BCUT2D eigenvalue weighted by Crippen LogP contribution is 2.41. The Morgan fingerprint density at radius 2 is 1.03 bits per heavy atom. The van der Waals surface area contributed by atoms with Crippen LogP contribution in [0.4, 0.5) is 0 Å². The Labute approximate surface area is 172 Å². The molecular formula is C26H16N2O2. The molecule has 0 spiro atoms. The van der Waals surface area contributed by atoms with Crippen LogP contribution in [0.1, 0.15) is 0 Å². The maximum absolute atomic E-state index is 6.17. The average Bonchev–Trinajstić information content (AvgIpc) is 3.43. The molecule has 0 fully saturated rings. The fourth-order valence-corrected chi connectivity index (χ4v) is 3.79. The number of rotatable bonds is 3. The van der Waals surface area contributed by atoms with Crippen molar-refractivity contribution < 1.29 is 8.83 Å². The summed E-state index contributed by atoms with van der Waals surface area (Å²) in [6.45, 7) is 0. The first-order valence-electron chi connectivity index (χ1n) is 9.77. The normalized spacial score (nSPS) is 11.3. The minimum atomic E-state index is 0.547. The van der Waals surface area contributed by atoms with Crippen LogP contribution in [0.3, 0.4) is 0 Å². The summed E-state index contributed by atoms with van der Waals surface area (Å²) in [6, 6.07) is 31.9. The number of hydrogen-bond acceptors (Lipinski definition) is 4. The second-order valence-electron chi connectivity index (χ2n) is 7.07. The third-order valence-electron chi connectivity index (χ3n) is 5.18. The van der Waals surface area contributed by atoms with E-state index in [9.17, 15) is 0 Å². The van der Waals surface area contributed by atoms with Crippen LogP contribution in [0.5, 0.6) is 0 Å². The van der Waals surface area contributed by atoms with Gasteiger partial charge in [0.15, 0.2) is 11.2 Å². The topological polar surface area (TPSA) is 52.1 Å². The van der Waals surface area contributed by atoms with E-state index in [0.29, 0.717) is 11.8 Å². The van der Waals surface area contributed by atoms with E-state index in [0.717, 1.165) is 44.5 Å². The highest BCUT2D eigenvalue weighted by molar-refractivity contribution is 5.92. The Balaban J connectivity index is 1.66. The van der Waals surface area contributed by atoms with E-state index in [-0.39, 0.29) is 0 Å². The zero-order valence-electron chi connectivity index (χ0n) is 15.9. The van der Waals surface area contributed by atoms with Gasteiger partial charge in [-0.15, -0.1) is 0 Å². The van der Waals surface area contributed by atoms with Gasteiger partial charge in [0.2, 0.25) is 11.8 Å². The lowest BCUT2D eigenvalue weighted by atomic mass is 9.95. The number of nitrogens with zero attached hydrogens (tertiary/aromatic N) is 2. The van der Waals surface area contributed by atoms with Crippen LogP contribution in [0, 0.1) is 0 Å². The van der Waals surface area contributed by atoms with Crippen LogP contribution in [-0.4, -0.2) is 9.97 Å². The molecule has 4 aromatic carbocycles. The van der Waals surface area contributed by atoms with E-state index in [2.05, 4.69) is 18.2 Å². The number of fused-ring (bicyclic) bond motifs is 2. The maximum Gasteiger partial charge on any atom is 0.228 e. The summed E-state index contributed by atoms with van der Waals surface area (Å²) in [4.78, 5) is 9.49. The van der Waals surface area contributed by atoms with Crippen molar-refractivity contribution in [2.45, 2.75) is 0 Å². The fourth-order valence-electron chi connectivity index (χ4n) is 3.79. The van der Waals surface area contributed by atoms with Gasteiger partial charge in [0.25, 0.3) is 0 Å². The molecule has 0 saturated carbocycles. The highest BCUT2D eigenvalue weighted by Gasteiger charge is 2.21. The minimum absolute atomic E-state index is 0.547. The first kappa shape index (κ1) is 16.7. The van der Waals surface area contributed by atoms with E-state index in [1.165, 1.54) is 0 Å². The SMILES string of the molecule is c1ccc(-c2cccc(-c3nc4ccccc4o3)c2-c2nc3ccccc3o2)cc1. The van der Waals surface area contributed by atoms with E-state index in [4.69, 9.17) is 18.8 Å². The van der Waals surface area contributed by atoms with Crippen LogP contribution < -0.4 is 0 Å². The Hall–Kier alpha value is -4.18. The number of aromatic nitrogens is 2. The molecule has 0 aliphatic carbocycles. The highest BCUT2D eigenvalue weighted by atomic mass is 16.4. The van der Waals surface area contributed by atoms with Gasteiger partial charge in [0, 0.05) is 0 Å². The summed E-state index contributed by atoms with van der Waals surface area (Å²) in [5, 5.41) is 0. The molecule has 30 heavy (non-hydrogen) atoms. The second-order valence-corrected chi connectivity index (χ2v) is 7.07. The van der Waals surface area contributed by atoms with Gasteiger partial charge in [-0.2, -0.15) is 0 Å². The van der Waals surface area contributed by atoms with Crippen molar-refractivity contribution >= 4 is 22.2 Å². The van der Waals surface area contributed by atoms with Crippen molar-refractivity contribution in [3.63, 3.8) is 0 Å². The van der Waals surface area contributed by atoms with Crippen molar-refractivity contribution in [3.8, 4) is 34.0 Å². The molecule has 0 radical (unpaired) electrons. The van der Waals surface area contributed by atoms with Crippen LogP contribution in [0.15, 0.2) is 106 Å². The Morgan fingerprint density at radius 3 is 1.73 bits per heavy atom. The monoisotopic (exact) mass is 388 g/mol. The van der Waals surface area contributed by atoms with Crippen LogP contribution in [0.2, 0.25) is 0 Å². The van der Waals surface area contributed by atoms with E-state index < -0.39 is 0 Å². The molecule has 2 heterocycles. The average molecular weight is 388 g/mol. The van der Waals surface area contributed by atoms with Gasteiger partial charge in [-0.3, -0.25) is 0 Å². The summed E-state index contributed by atoms with van der Waals surface area (Å²) in [6.07, 6.45) is 0. The number of para-hydroxylation sites is 4. The lowest BCUT2D eigenvalue weighted by Crippen LogP contribution is -1.90. The molecule has 142 valence electrons. The van der Waals surface area contributed by atoms with Crippen LogP contribution >= 0.6 is 0 Å². The molecular weight excluding hydrogens is 372 g/mol. The van der Waals surface area contributed by atoms with E-state index in [1.807, 2.05) is 78.9 Å². The number of benzene rings is 4. The van der Waals surface area contributed by atoms with Crippen LogP contribution in [0.25, 0.3) is 56.2 Å². The summed E-state index contributed by atoms with van der Waals surface area (Å²) < 4.78 is 12.3. The molecule has 6 rings (SSSR count). The summed E-state index contributed by atoms with van der Waals surface area (Å²) in [5.74, 6) is 1.10. The minimum Gasteiger partial charge on any atom is -0.436 e. The fraction of sp³-hybridized carbons (Fsp3) is 0. The smallest absolute Gasteiger partial charge is 0.228 e. The van der Waals surface area contributed by atoms with Crippen molar-refractivity contribution in [2.24, 2.45) is 0 Å². The van der Waals surface area contributed by atoms with Crippen molar-refractivity contribution in [2.75, 3.05) is 0 Å². The first-order valence-corrected chi connectivity index (χ1v) is 9.77. The van der Waals surface area contributed by atoms with Gasteiger partial charge in [-0.05, 0) is 41.5 Å². The van der Waals surface area contributed by atoms with Gasteiger partial charge in [-0.25, -0.2) is 9.97 Å². The summed E-state index contributed by atoms with van der Waals surface area (Å²) in [7, 11) is 0. The van der Waals surface area contributed by atoms with Gasteiger partial charge in [-0.1, -0.05) is 66.7 Å². The predicted molar refractivity (Wildman–Crippen MR) is 118 cm³/mol. The van der Waals surface area contributed by atoms with Crippen molar-refractivity contribution in [1.29, 1.82) is 0 Å². The molecule has 0 bridgehead atoms. The first-order chi connectivity index (χ1) is 14.9. The molecule has 0 aliphatic rings. The molecule has 0 saturated heterocycles. The zero-order chi connectivity index (χ0) is 19.9. The predicted octanol–water partition coefficient (Wildman–Crippen LogP) is 6.97. The quantitative estimate of drug-likeness (QED) is 0.328. The molecule has 0 atom stereocenters. The van der Waals surface area contributed by atoms with Gasteiger partial charge in [0.05, 0.1) is 11.1 Å². The van der Waals surface area contributed by atoms with Crippen LogP contribution in [-0.2, 0) is 0 Å². The Bertz CT molecular complexity index is 1430. The lowest BCUT2D eigenvalue weighted by molar-refractivity contribution is 0.611. The second kappa shape index (κ2) is 6.71. The third-order valence-corrected chi connectivity index (χ3v) is 5.18. The van der Waals surface area contributed by atoms with Crippen molar-refractivity contribution in [3.05, 3.63) is 97.1 Å². The molecule has 4 nitrogen and oxygen atoms in total. The molecule has 4 heteroatoms. The summed E-state index contributed by atoms with van der Waals surface area (Å²) >= 11 is 0. The van der Waals surface area contributed by atoms with Crippen molar-refractivity contribution in [1.82, 2.24) is 9.97 Å². The molecule has 0 unspecified atom stereocenters. The van der Waals surface area contributed by atoms with Gasteiger partial charge >= 0.3 is 0 Å².